The number of alkyl halides is 3. The molecule has 2 saturated heterocycles. The highest BCUT2D eigenvalue weighted by atomic mass is 19.4. The normalized spacial score (nSPS) is 28.0. The highest BCUT2D eigenvalue weighted by Gasteiger charge is 2.68. The van der Waals surface area contributed by atoms with Crippen LogP contribution in [0, 0.1) is 17.3 Å². The number of piperazine rings is 1. The minimum atomic E-state index is -4.54. The van der Waals surface area contributed by atoms with Gasteiger partial charge < -0.3 is 34.5 Å². The smallest absolute Gasteiger partial charge is 0.445 e. The van der Waals surface area contributed by atoms with E-state index in [1.54, 1.807) is 9.80 Å². The molecule has 61 heavy (non-hydrogen) atoms. The number of benzene rings is 2. The highest BCUT2D eigenvalue weighted by molar-refractivity contribution is 6.47. The third kappa shape index (κ3) is 8.03. The molecule has 2 N–H and O–H groups in total. The first-order valence-corrected chi connectivity index (χ1v) is 21.3. The van der Waals surface area contributed by atoms with Gasteiger partial charge >= 0.3 is 19.4 Å². The summed E-state index contributed by atoms with van der Waals surface area (Å²) in [7, 11) is -0.697. The molecule has 0 radical (unpaired) electrons. The van der Waals surface area contributed by atoms with Crippen LogP contribution in [0.3, 0.4) is 0 Å². The van der Waals surface area contributed by atoms with Crippen molar-refractivity contribution in [1.29, 1.82) is 0 Å². The van der Waals surface area contributed by atoms with E-state index in [-0.39, 0.29) is 81.1 Å². The maximum Gasteiger partial charge on any atom is 0.481 e. The van der Waals surface area contributed by atoms with Gasteiger partial charge in [0, 0.05) is 44.6 Å². The summed E-state index contributed by atoms with van der Waals surface area (Å²) in [6, 6.07) is 13.1. The largest absolute Gasteiger partial charge is 0.481 e. The number of carbonyl (C=O) groups excluding carboxylic acids is 3. The summed E-state index contributed by atoms with van der Waals surface area (Å²) < 4.78 is 60.4. The fraction of sp³-hybridized carbons (Fsp3) is 0.568. The number of nitrogens with zero attached hydrogens (tertiary/aromatic N) is 4. The van der Waals surface area contributed by atoms with Crippen molar-refractivity contribution >= 4 is 30.7 Å². The number of rotatable bonds is 11. The fourth-order valence-corrected chi connectivity index (χ4v) is 10.5. The molecule has 4 heterocycles. The van der Waals surface area contributed by atoms with Crippen molar-refractivity contribution in [3.63, 3.8) is 0 Å². The van der Waals surface area contributed by atoms with Gasteiger partial charge in [-0.25, -0.2) is 9.78 Å². The van der Waals surface area contributed by atoms with E-state index >= 15 is 0 Å². The third-order valence-electron chi connectivity index (χ3n) is 14.2. The van der Waals surface area contributed by atoms with Crippen molar-refractivity contribution < 1.29 is 41.6 Å². The molecule has 0 unspecified atom stereocenters. The van der Waals surface area contributed by atoms with E-state index in [1.165, 1.54) is 22.9 Å². The summed E-state index contributed by atoms with van der Waals surface area (Å²) in [6.45, 7) is 11.5. The monoisotopic (exact) mass is 846 g/mol. The lowest BCUT2D eigenvalue weighted by atomic mass is 9.43. The molecular formula is C44H54BF3N6O7. The number of fused-ring (bicyclic) bond motifs is 1. The van der Waals surface area contributed by atoms with Gasteiger partial charge in [0.15, 0.2) is 0 Å². The number of hydrogen-bond donors (Lipinski definition) is 2. The lowest BCUT2D eigenvalue weighted by Gasteiger charge is -2.64. The van der Waals surface area contributed by atoms with Crippen LogP contribution in [0.25, 0.3) is 0 Å². The van der Waals surface area contributed by atoms with Crippen LogP contribution in [0.2, 0.25) is 0 Å². The minimum absolute atomic E-state index is 0.00193. The average molecular weight is 847 g/mol. The van der Waals surface area contributed by atoms with Gasteiger partial charge in [-0.1, -0.05) is 70.2 Å². The molecule has 2 aromatic carbocycles. The molecule has 7 atom stereocenters. The first-order valence-electron chi connectivity index (χ1n) is 21.3. The van der Waals surface area contributed by atoms with Gasteiger partial charge in [0.05, 0.1) is 29.4 Å². The number of carbonyl (C=O) groups is 3. The zero-order valence-corrected chi connectivity index (χ0v) is 35.3. The van der Waals surface area contributed by atoms with Gasteiger partial charge in [0.1, 0.15) is 24.2 Å². The summed E-state index contributed by atoms with van der Waals surface area (Å²) in [5.74, 6) is -0.0873. The minimum Gasteiger partial charge on any atom is -0.445 e. The van der Waals surface area contributed by atoms with Crippen LogP contribution in [0.4, 0.5) is 23.7 Å². The van der Waals surface area contributed by atoms with Crippen LogP contribution in [0.1, 0.15) is 95.3 Å². The van der Waals surface area contributed by atoms with E-state index in [0.717, 1.165) is 30.5 Å². The number of nitrogens with one attached hydrogen (secondary N) is 2. The molecule has 17 heteroatoms. The third-order valence-corrected chi connectivity index (χ3v) is 14.2. The molecule has 326 valence electrons. The van der Waals surface area contributed by atoms with Gasteiger partial charge in [-0.3, -0.25) is 19.0 Å². The Morgan fingerprint density at radius 3 is 2.38 bits per heavy atom. The Morgan fingerprint density at radius 2 is 1.69 bits per heavy atom. The van der Waals surface area contributed by atoms with Crippen LogP contribution in [-0.2, 0) is 48.4 Å². The number of halogens is 3. The Labute approximate surface area is 353 Å². The SMILES string of the molecule is CC[C@H](NC(=O)[C@@H]1C[C@@](C)(CC(=O)N2CCN(C(=O)OCc3ccccc3)CC2)c2ncc(NCc3cccc(C(F)(F)F)c3)c(=O)n21)B1O[C@@H]2C[C@@H]3C[C@@H](C3(C)C)[C@]2(C)O1. The Balaban J connectivity index is 0.992. The molecule has 2 bridgehead atoms. The van der Waals surface area contributed by atoms with E-state index in [1.807, 2.05) is 44.2 Å². The van der Waals surface area contributed by atoms with Crippen molar-refractivity contribution in [3.05, 3.63) is 93.7 Å². The molecule has 13 nitrogen and oxygen atoms in total. The second kappa shape index (κ2) is 16.1. The van der Waals surface area contributed by atoms with E-state index in [4.69, 9.17) is 14.0 Å². The Morgan fingerprint density at radius 1 is 0.984 bits per heavy atom. The number of ether oxygens (including phenoxy) is 1. The molecule has 5 fully saturated rings. The molecule has 0 spiro atoms. The van der Waals surface area contributed by atoms with E-state index in [9.17, 15) is 32.3 Å². The van der Waals surface area contributed by atoms with Crippen molar-refractivity contribution in [3.8, 4) is 0 Å². The predicted octanol–water partition coefficient (Wildman–Crippen LogP) is 6.11. The lowest BCUT2D eigenvalue weighted by molar-refractivity contribution is -0.199. The van der Waals surface area contributed by atoms with E-state index < -0.39 is 59.4 Å². The zero-order chi connectivity index (χ0) is 43.5. The van der Waals surface area contributed by atoms with E-state index in [0.29, 0.717) is 23.8 Å². The Kier molecular flexibility index (Phi) is 11.3. The molecule has 3 amide bonds. The fourth-order valence-electron chi connectivity index (χ4n) is 10.5. The zero-order valence-electron chi connectivity index (χ0n) is 35.3. The summed E-state index contributed by atoms with van der Waals surface area (Å²) >= 11 is 0. The van der Waals surface area contributed by atoms with Crippen LogP contribution in [-0.4, -0.2) is 88.2 Å². The topological polar surface area (TPSA) is 144 Å². The summed E-state index contributed by atoms with van der Waals surface area (Å²) in [4.78, 5) is 63.6. The first kappa shape index (κ1) is 42.8. The van der Waals surface area contributed by atoms with Crippen LogP contribution in [0.15, 0.2) is 65.6 Å². The number of aromatic nitrogens is 2. The highest BCUT2D eigenvalue weighted by Crippen LogP contribution is 2.65. The maximum atomic E-state index is 14.5. The summed E-state index contributed by atoms with van der Waals surface area (Å²) in [5.41, 5.74) is -1.65. The number of amides is 3. The second-order valence-corrected chi connectivity index (χ2v) is 18.4. The van der Waals surface area contributed by atoms with Gasteiger partial charge in [-0.2, -0.15) is 13.2 Å². The predicted molar refractivity (Wildman–Crippen MR) is 220 cm³/mol. The lowest BCUT2D eigenvalue weighted by Crippen LogP contribution is -2.65. The molecule has 3 aromatic rings. The Hall–Kier alpha value is -4.90. The quantitative estimate of drug-likeness (QED) is 0.219. The van der Waals surface area contributed by atoms with Gasteiger partial charge in [0.25, 0.3) is 5.56 Å². The van der Waals surface area contributed by atoms with Crippen molar-refractivity contribution in [2.24, 2.45) is 17.3 Å². The number of anilines is 1. The van der Waals surface area contributed by atoms with Gasteiger partial charge in [-0.15, -0.1) is 0 Å². The molecule has 9 rings (SSSR count). The van der Waals surface area contributed by atoms with Crippen LogP contribution >= 0.6 is 0 Å². The second-order valence-electron chi connectivity index (χ2n) is 18.4. The molecule has 3 aliphatic carbocycles. The van der Waals surface area contributed by atoms with E-state index in [2.05, 4.69) is 36.4 Å². The summed E-state index contributed by atoms with van der Waals surface area (Å²) in [6.07, 6.45) is -1.32. The van der Waals surface area contributed by atoms with Crippen molar-refractivity contribution in [1.82, 2.24) is 24.7 Å². The van der Waals surface area contributed by atoms with Crippen molar-refractivity contribution in [2.75, 3.05) is 31.5 Å². The Bertz CT molecular complexity index is 2220. The first-order chi connectivity index (χ1) is 28.9. The average Bonchev–Trinajstić information content (AvgIpc) is 3.75. The van der Waals surface area contributed by atoms with Gasteiger partial charge in [-0.05, 0) is 73.1 Å². The molecule has 3 saturated carbocycles. The van der Waals surface area contributed by atoms with Crippen molar-refractivity contribution in [2.45, 2.75) is 115 Å². The molecular weight excluding hydrogens is 792 g/mol. The van der Waals surface area contributed by atoms with Crippen LogP contribution < -0.4 is 16.2 Å². The standard InChI is InChI=1S/C44H54BF3N6O7/c1-6-35(45-60-34-21-30-20-33(41(30,2)3)43(34,5)61-45)51-37(56)32-22-42(4,23-36(55)52-15-17-53(18-16-52)40(58)59-26-27-11-8-7-9-12-27)39-50-25-31(38(57)54(32)39)49-24-28-13-10-14-29(19-28)44(46,47)48/h7-14,19,25,30,32-35,49H,6,15-18,20-24,26H2,1-5H3,(H,51,56)/t30-,32-,33-,34+,35-,42-,43-/m0/s1. The van der Waals surface area contributed by atoms with Crippen LogP contribution in [0.5, 0.6) is 0 Å². The molecule has 1 aromatic heterocycles. The summed E-state index contributed by atoms with van der Waals surface area (Å²) in [5, 5.41) is 6.07. The van der Waals surface area contributed by atoms with Gasteiger partial charge in [0.2, 0.25) is 11.8 Å². The molecule has 3 aliphatic heterocycles. The number of hydrogen-bond acceptors (Lipinski definition) is 9. The molecule has 6 aliphatic rings. The maximum absolute atomic E-state index is 14.5.